The Morgan fingerprint density at radius 1 is 1.56 bits per heavy atom. The van der Waals surface area contributed by atoms with Crippen LogP contribution in [0, 0.1) is 0 Å². The van der Waals surface area contributed by atoms with Crippen molar-refractivity contribution in [2.24, 2.45) is 0 Å². The number of hydrogen-bond donors (Lipinski definition) is 2. The summed E-state index contributed by atoms with van der Waals surface area (Å²) >= 11 is 0. The Hall–Kier alpha value is -1.62. The summed E-state index contributed by atoms with van der Waals surface area (Å²) in [5.41, 5.74) is -0.338. The fourth-order valence-corrected chi connectivity index (χ4v) is 1.71. The van der Waals surface area contributed by atoms with Crippen molar-refractivity contribution in [1.82, 2.24) is 9.88 Å². The van der Waals surface area contributed by atoms with E-state index in [4.69, 9.17) is 0 Å². The maximum atomic E-state index is 12.1. The van der Waals surface area contributed by atoms with Crippen molar-refractivity contribution in [2.75, 3.05) is 25.5 Å². The van der Waals surface area contributed by atoms with Gasteiger partial charge in [0.05, 0.1) is 5.60 Å². The summed E-state index contributed by atoms with van der Waals surface area (Å²) in [5.74, 6) is 0.554. The molecule has 1 aromatic heterocycles. The van der Waals surface area contributed by atoms with Gasteiger partial charge in [0.15, 0.2) is 0 Å². The third-order valence-electron chi connectivity index (χ3n) is 2.34. The molecular weight excluding hydrogens is 230 g/mol. The number of rotatable bonds is 5. The number of aromatic nitrogens is 1. The molecule has 0 spiro atoms. The van der Waals surface area contributed by atoms with E-state index in [0.29, 0.717) is 11.4 Å². The van der Waals surface area contributed by atoms with Gasteiger partial charge >= 0.3 is 0 Å². The van der Waals surface area contributed by atoms with Gasteiger partial charge in [-0.1, -0.05) is 0 Å². The lowest BCUT2D eigenvalue weighted by molar-refractivity contribution is 0.0368. The number of aliphatic hydroxyl groups is 1. The van der Waals surface area contributed by atoms with Gasteiger partial charge in [0.2, 0.25) is 0 Å². The van der Waals surface area contributed by atoms with Gasteiger partial charge in [-0.25, -0.2) is 4.98 Å². The molecule has 5 heteroatoms. The number of amides is 1. The molecule has 0 bridgehead atoms. The van der Waals surface area contributed by atoms with Gasteiger partial charge in [-0.15, -0.1) is 0 Å². The first-order valence-electron chi connectivity index (χ1n) is 6.01. The summed E-state index contributed by atoms with van der Waals surface area (Å²) < 4.78 is 0. The van der Waals surface area contributed by atoms with Crippen LogP contribution >= 0.6 is 0 Å². The molecule has 0 aromatic carbocycles. The van der Waals surface area contributed by atoms with Gasteiger partial charge in [-0.3, -0.25) is 4.79 Å². The summed E-state index contributed by atoms with van der Waals surface area (Å²) in [4.78, 5) is 17.8. The molecule has 1 amide bonds. The fourth-order valence-electron chi connectivity index (χ4n) is 1.71. The van der Waals surface area contributed by atoms with Crippen molar-refractivity contribution in [2.45, 2.75) is 26.4 Å². The highest BCUT2D eigenvalue weighted by Gasteiger charge is 2.20. The van der Waals surface area contributed by atoms with E-state index in [9.17, 15) is 9.90 Å². The van der Waals surface area contributed by atoms with E-state index in [1.807, 2.05) is 6.92 Å². The maximum absolute atomic E-state index is 12.1. The zero-order chi connectivity index (χ0) is 13.8. The van der Waals surface area contributed by atoms with Gasteiger partial charge in [0.1, 0.15) is 5.82 Å². The SMILES string of the molecule is CCNc1cc(C(=O)N(C)CC(C)(C)O)ccn1. The van der Waals surface area contributed by atoms with Crippen molar-refractivity contribution >= 4 is 11.7 Å². The molecule has 0 fully saturated rings. The summed E-state index contributed by atoms with van der Waals surface area (Å²) in [6.45, 7) is 6.35. The number of likely N-dealkylation sites (N-methyl/N-ethyl adjacent to an activating group) is 1. The average molecular weight is 251 g/mol. The third kappa shape index (κ3) is 4.33. The van der Waals surface area contributed by atoms with Crippen LogP contribution < -0.4 is 5.32 Å². The quantitative estimate of drug-likeness (QED) is 0.829. The highest BCUT2D eigenvalue weighted by Crippen LogP contribution is 2.11. The molecular formula is C13H21N3O2. The zero-order valence-electron chi connectivity index (χ0n) is 11.4. The second-order valence-electron chi connectivity index (χ2n) is 4.93. The van der Waals surface area contributed by atoms with E-state index in [-0.39, 0.29) is 12.5 Å². The Morgan fingerprint density at radius 3 is 2.78 bits per heavy atom. The van der Waals surface area contributed by atoms with Crippen LogP contribution in [0.1, 0.15) is 31.1 Å². The van der Waals surface area contributed by atoms with Crippen molar-refractivity contribution in [3.05, 3.63) is 23.9 Å². The number of hydrogen-bond acceptors (Lipinski definition) is 4. The summed E-state index contributed by atoms with van der Waals surface area (Å²) in [6.07, 6.45) is 1.60. The predicted molar refractivity (Wildman–Crippen MR) is 71.7 cm³/mol. The maximum Gasteiger partial charge on any atom is 0.253 e. The van der Waals surface area contributed by atoms with Crippen LogP contribution in [0.3, 0.4) is 0 Å². The van der Waals surface area contributed by atoms with Crippen LogP contribution in [-0.4, -0.2) is 46.6 Å². The smallest absolute Gasteiger partial charge is 0.253 e. The first kappa shape index (κ1) is 14.4. The van der Waals surface area contributed by atoms with Crippen molar-refractivity contribution in [1.29, 1.82) is 0 Å². The Balaban J connectivity index is 2.80. The third-order valence-corrected chi connectivity index (χ3v) is 2.34. The van der Waals surface area contributed by atoms with Gasteiger partial charge in [-0.05, 0) is 32.9 Å². The number of nitrogens with one attached hydrogen (secondary N) is 1. The second kappa shape index (κ2) is 5.82. The second-order valence-corrected chi connectivity index (χ2v) is 4.93. The Labute approximate surface area is 108 Å². The van der Waals surface area contributed by atoms with Crippen LogP contribution in [0.4, 0.5) is 5.82 Å². The lowest BCUT2D eigenvalue weighted by Crippen LogP contribution is -2.39. The van der Waals surface area contributed by atoms with E-state index in [1.165, 1.54) is 4.90 Å². The highest BCUT2D eigenvalue weighted by atomic mass is 16.3. The molecule has 0 aliphatic carbocycles. The minimum Gasteiger partial charge on any atom is -0.389 e. The molecule has 1 rings (SSSR count). The highest BCUT2D eigenvalue weighted by molar-refractivity contribution is 5.94. The zero-order valence-corrected chi connectivity index (χ0v) is 11.4. The molecule has 1 aromatic rings. The molecule has 0 saturated carbocycles. The normalized spacial score (nSPS) is 11.2. The molecule has 5 nitrogen and oxygen atoms in total. The Kier molecular flexibility index (Phi) is 4.67. The predicted octanol–water partition coefficient (Wildman–Crippen LogP) is 1.36. The molecule has 0 radical (unpaired) electrons. The lowest BCUT2D eigenvalue weighted by atomic mass is 10.1. The summed E-state index contributed by atoms with van der Waals surface area (Å²) in [7, 11) is 1.67. The van der Waals surface area contributed by atoms with Crippen LogP contribution in [-0.2, 0) is 0 Å². The van der Waals surface area contributed by atoms with E-state index in [0.717, 1.165) is 6.54 Å². The van der Waals surface area contributed by atoms with Crippen LogP contribution in [0.5, 0.6) is 0 Å². The molecule has 0 aliphatic heterocycles. The molecule has 18 heavy (non-hydrogen) atoms. The molecule has 100 valence electrons. The van der Waals surface area contributed by atoms with E-state index < -0.39 is 5.60 Å². The van der Waals surface area contributed by atoms with Crippen molar-refractivity contribution in [3.63, 3.8) is 0 Å². The molecule has 0 saturated heterocycles. The number of pyridine rings is 1. The minimum absolute atomic E-state index is 0.126. The topological polar surface area (TPSA) is 65.5 Å². The number of carbonyl (C=O) groups is 1. The molecule has 2 N–H and O–H groups in total. The standard InChI is InChI=1S/C13H21N3O2/c1-5-14-11-8-10(6-7-15-11)12(17)16(4)9-13(2,3)18/h6-8,18H,5,9H2,1-4H3,(H,14,15). The monoisotopic (exact) mass is 251 g/mol. The number of nitrogens with zero attached hydrogens (tertiary/aromatic N) is 2. The summed E-state index contributed by atoms with van der Waals surface area (Å²) in [6, 6.07) is 3.39. The van der Waals surface area contributed by atoms with Gasteiger partial charge in [0, 0.05) is 31.9 Å². The minimum atomic E-state index is -0.901. The largest absolute Gasteiger partial charge is 0.389 e. The van der Waals surface area contributed by atoms with Crippen LogP contribution in [0.2, 0.25) is 0 Å². The average Bonchev–Trinajstić information content (AvgIpc) is 2.26. The first-order valence-corrected chi connectivity index (χ1v) is 6.01. The lowest BCUT2D eigenvalue weighted by Gasteiger charge is -2.25. The Morgan fingerprint density at radius 2 is 2.22 bits per heavy atom. The first-order chi connectivity index (χ1) is 8.33. The molecule has 0 atom stereocenters. The number of anilines is 1. The molecule has 0 aliphatic rings. The molecule has 1 heterocycles. The summed E-state index contributed by atoms with van der Waals surface area (Å²) in [5, 5.41) is 12.8. The fraction of sp³-hybridized carbons (Fsp3) is 0.538. The van der Waals surface area contributed by atoms with Crippen molar-refractivity contribution in [3.8, 4) is 0 Å². The van der Waals surface area contributed by atoms with Gasteiger partial charge < -0.3 is 15.3 Å². The van der Waals surface area contributed by atoms with Crippen LogP contribution in [0.25, 0.3) is 0 Å². The van der Waals surface area contributed by atoms with E-state index in [2.05, 4.69) is 10.3 Å². The van der Waals surface area contributed by atoms with Crippen molar-refractivity contribution < 1.29 is 9.90 Å². The van der Waals surface area contributed by atoms with Gasteiger partial charge in [0.25, 0.3) is 5.91 Å². The molecule has 0 unspecified atom stereocenters. The van der Waals surface area contributed by atoms with E-state index in [1.54, 1.807) is 39.2 Å². The van der Waals surface area contributed by atoms with Gasteiger partial charge in [-0.2, -0.15) is 0 Å². The van der Waals surface area contributed by atoms with Crippen LogP contribution in [0.15, 0.2) is 18.3 Å². The number of carbonyl (C=O) groups excluding carboxylic acids is 1. The van der Waals surface area contributed by atoms with E-state index >= 15 is 0 Å². The Bertz CT molecular complexity index is 413.